The third kappa shape index (κ3) is 5.12. The Labute approximate surface area is 98.5 Å². The van der Waals surface area contributed by atoms with Crippen molar-refractivity contribution in [3.8, 4) is 5.75 Å². The van der Waals surface area contributed by atoms with Gasteiger partial charge in [0.1, 0.15) is 5.75 Å². The first kappa shape index (κ1) is 12.3. The van der Waals surface area contributed by atoms with Gasteiger partial charge in [-0.3, -0.25) is 0 Å². The number of phenolic OH excluding ortho intramolecular Hbond substituents is 1. The van der Waals surface area contributed by atoms with Crippen molar-refractivity contribution in [3.63, 3.8) is 0 Å². The molecule has 0 unspecified atom stereocenters. The number of rotatable bonds is 0. The molecule has 0 atom stereocenters. The molecule has 0 aromatic heterocycles. The number of para-hydroxylation sites is 1. The van der Waals surface area contributed by atoms with E-state index in [2.05, 4.69) is 0 Å². The molecule has 0 aliphatic rings. The summed E-state index contributed by atoms with van der Waals surface area (Å²) >= 11 is 0. The fourth-order valence-electron chi connectivity index (χ4n) is 0.428. The van der Waals surface area contributed by atoms with Gasteiger partial charge < -0.3 is 12.5 Å². The van der Waals surface area contributed by atoms with Crippen molar-refractivity contribution in [2.45, 2.75) is 0 Å². The Hall–Kier alpha value is 0.656. The third-order valence-electron chi connectivity index (χ3n) is 0.756. The molecule has 0 saturated carbocycles. The van der Waals surface area contributed by atoms with E-state index in [-0.39, 0.29) is 58.8 Å². The monoisotopic (exact) mass is 148 g/mol. The van der Waals surface area contributed by atoms with E-state index in [1.54, 1.807) is 24.3 Å². The van der Waals surface area contributed by atoms with Gasteiger partial charge in [-0.2, -0.15) is 0 Å². The summed E-state index contributed by atoms with van der Waals surface area (Å²) in [7, 11) is 0. The van der Waals surface area contributed by atoms with Gasteiger partial charge in [-0.1, -0.05) is 18.2 Å². The molecule has 0 amide bonds. The summed E-state index contributed by atoms with van der Waals surface area (Å²) in [6.07, 6.45) is 0. The molecular formula is C7H9KO. The first-order chi connectivity index (χ1) is 3.39. The SMILES string of the molecule is Oc1ccccc1.[CH3-].[K+]. The molecule has 0 heterocycles. The van der Waals surface area contributed by atoms with E-state index >= 15 is 0 Å². The van der Waals surface area contributed by atoms with Gasteiger partial charge in [-0.05, 0) is 12.1 Å². The fraction of sp³-hybridized carbons (Fsp3) is 0. The Bertz CT molecular complexity index is 139. The van der Waals surface area contributed by atoms with Crippen LogP contribution in [0.4, 0.5) is 0 Å². The standard InChI is InChI=1S/C6H6O.CH3.K/c7-6-4-2-1-3-5-6;;/h1-5,7H;1H3;/q;-1;+1. The zero-order chi connectivity index (χ0) is 5.11. The average Bonchev–Trinajstić information content (AvgIpc) is 1.69. The quantitative estimate of drug-likeness (QED) is 0.364. The minimum Gasteiger partial charge on any atom is -0.508 e. The van der Waals surface area contributed by atoms with Crippen LogP contribution < -0.4 is 51.4 Å². The van der Waals surface area contributed by atoms with Crippen molar-refractivity contribution in [2.24, 2.45) is 0 Å². The van der Waals surface area contributed by atoms with E-state index in [1.807, 2.05) is 6.07 Å². The van der Waals surface area contributed by atoms with Crippen molar-refractivity contribution in [3.05, 3.63) is 37.8 Å². The second-order valence-corrected chi connectivity index (χ2v) is 1.34. The molecule has 1 aromatic rings. The predicted molar refractivity (Wildman–Crippen MR) is 34.5 cm³/mol. The maximum atomic E-state index is 8.63. The molecule has 1 N–H and O–H groups in total. The molecule has 9 heavy (non-hydrogen) atoms. The zero-order valence-electron chi connectivity index (χ0n) is 5.83. The van der Waals surface area contributed by atoms with Gasteiger partial charge in [0, 0.05) is 0 Å². The van der Waals surface area contributed by atoms with E-state index in [4.69, 9.17) is 5.11 Å². The van der Waals surface area contributed by atoms with E-state index < -0.39 is 0 Å². The number of phenols is 1. The molecule has 1 aromatic carbocycles. The second-order valence-electron chi connectivity index (χ2n) is 1.34. The normalized spacial score (nSPS) is 6.67. The molecule has 1 nitrogen and oxygen atoms in total. The van der Waals surface area contributed by atoms with Crippen molar-refractivity contribution >= 4 is 0 Å². The van der Waals surface area contributed by atoms with Gasteiger partial charge in [0.05, 0.1) is 0 Å². The van der Waals surface area contributed by atoms with E-state index in [1.165, 1.54) is 0 Å². The molecule has 0 aliphatic carbocycles. The molecule has 0 spiro atoms. The molecule has 1 rings (SSSR count). The van der Waals surface area contributed by atoms with Gasteiger partial charge in [0.15, 0.2) is 0 Å². The fourth-order valence-corrected chi connectivity index (χ4v) is 0.428. The molecule has 0 fully saturated rings. The van der Waals surface area contributed by atoms with E-state index in [0.29, 0.717) is 5.75 Å². The Morgan fingerprint density at radius 1 is 1.00 bits per heavy atom. The number of benzene rings is 1. The Balaban J connectivity index is 0. The van der Waals surface area contributed by atoms with Crippen molar-refractivity contribution in [2.75, 3.05) is 0 Å². The molecule has 44 valence electrons. The summed E-state index contributed by atoms with van der Waals surface area (Å²) in [6.45, 7) is 0. The maximum Gasteiger partial charge on any atom is 1.00 e. The van der Waals surface area contributed by atoms with Crippen molar-refractivity contribution in [1.29, 1.82) is 0 Å². The topological polar surface area (TPSA) is 20.2 Å². The summed E-state index contributed by atoms with van der Waals surface area (Å²) in [5.41, 5.74) is 0. The molecule has 0 radical (unpaired) electrons. The van der Waals surface area contributed by atoms with Crippen LogP contribution in [0.15, 0.2) is 30.3 Å². The Morgan fingerprint density at radius 3 is 1.67 bits per heavy atom. The number of aromatic hydroxyl groups is 1. The maximum absolute atomic E-state index is 8.63. The van der Waals surface area contributed by atoms with Crippen LogP contribution in [0.2, 0.25) is 0 Å². The van der Waals surface area contributed by atoms with Gasteiger partial charge in [0.2, 0.25) is 0 Å². The first-order valence-corrected chi connectivity index (χ1v) is 2.13. The van der Waals surface area contributed by atoms with Gasteiger partial charge >= 0.3 is 51.4 Å². The molecule has 0 bridgehead atoms. The van der Waals surface area contributed by atoms with E-state index in [9.17, 15) is 0 Å². The van der Waals surface area contributed by atoms with Crippen LogP contribution in [0.25, 0.3) is 0 Å². The Kier molecular flexibility index (Phi) is 9.29. The van der Waals surface area contributed by atoms with Gasteiger partial charge in [-0.25, -0.2) is 0 Å². The van der Waals surface area contributed by atoms with Crippen LogP contribution in [-0.4, -0.2) is 5.11 Å². The summed E-state index contributed by atoms with van der Waals surface area (Å²) in [4.78, 5) is 0. The summed E-state index contributed by atoms with van der Waals surface area (Å²) in [6, 6.07) is 8.71. The molecular weight excluding hydrogens is 139 g/mol. The van der Waals surface area contributed by atoms with Crippen molar-refractivity contribution < 1.29 is 56.5 Å². The molecule has 2 heteroatoms. The average molecular weight is 148 g/mol. The van der Waals surface area contributed by atoms with Crippen LogP contribution in [0.3, 0.4) is 0 Å². The van der Waals surface area contributed by atoms with Crippen LogP contribution in [0.1, 0.15) is 0 Å². The summed E-state index contributed by atoms with van der Waals surface area (Å²) in [5, 5.41) is 8.63. The zero-order valence-corrected chi connectivity index (χ0v) is 8.96. The van der Waals surface area contributed by atoms with Crippen LogP contribution in [0, 0.1) is 7.43 Å². The van der Waals surface area contributed by atoms with Crippen LogP contribution >= 0.6 is 0 Å². The first-order valence-electron chi connectivity index (χ1n) is 2.13. The second kappa shape index (κ2) is 6.77. The molecule has 0 aliphatic heterocycles. The third-order valence-corrected chi connectivity index (χ3v) is 0.756. The van der Waals surface area contributed by atoms with Crippen LogP contribution in [0.5, 0.6) is 5.75 Å². The van der Waals surface area contributed by atoms with Crippen molar-refractivity contribution in [1.82, 2.24) is 0 Å². The van der Waals surface area contributed by atoms with Gasteiger partial charge in [-0.15, -0.1) is 0 Å². The Morgan fingerprint density at radius 2 is 1.44 bits per heavy atom. The minimum atomic E-state index is 0. The minimum absolute atomic E-state index is 0. The molecule has 0 saturated heterocycles. The largest absolute Gasteiger partial charge is 1.00 e. The number of hydrogen-bond acceptors (Lipinski definition) is 1. The van der Waals surface area contributed by atoms with Gasteiger partial charge in [0.25, 0.3) is 0 Å². The van der Waals surface area contributed by atoms with E-state index in [0.717, 1.165) is 0 Å². The summed E-state index contributed by atoms with van der Waals surface area (Å²) < 4.78 is 0. The smallest absolute Gasteiger partial charge is 0.508 e. The number of hydrogen-bond donors (Lipinski definition) is 1. The summed E-state index contributed by atoms with van der Waals surface area (Å²) in [5.74, 6) is 0.322. The van der Waals surface area contributed by atoms with Crippen LogP contribution in [-0.2, 0) is 0 Å². The predicted octanol–water partition coefficient (Wildman–Crippen LogP) is -1.15.